The fourth-order valence-electron chi connectivity index (χ4n) is 4.43. The Hall–Kier alpha value is -1.68. The van der Waals surface area contributed by atoms with E-state index in [1.165, 1.54) is 75.2 Å². The summed E-state index contributed by atoms with van der Waals surface area (Å²) in [6, 6.07) is 10.9. The number of fused-ring (bicyclic) bond motifs is 1. The highest BCUT2D eigenvalue weighted by Gasteiger charge is 2.27. The predicted molar refractivity (Wildman–Crippen MR) is 101 cm³/mol. The second-order valence-electron chi connectivity index (χ2n) is 7.67. The number of likely N-dealkylation sites (tertiary alicyclic amines) is 1. The van der Waals surface area contributed by atoms with E-state index >= 15 is 0 Å². The molecule has 0 bridgehead atoms. The average Bonchev–Trinajstić information content (AvgIpc) is 2.91. The van der Waals surface area contributed by atoms with Gasteiger partial charge < -0.3 is 9.47 Å². The number of rotatable bonds is 5. The molecule has 3 heterocycles. The molecule has 1 unspecified atom stereocenters. The van der Waals surface area contributed by atoms with Crippen molar-refractivity contribution in [3.05, 3.63) is 47.5 Å². The van der Waals surface area contributed by atoms with Gasteiger partial charge in [-0.25, -0.2) is 0 Å². The Morgan fingerprint density at radius 1 is 0.960 bits per heavy atom. The minimum Gasteiger partial charge on any atom is -0.315 e. The Balaban J connectivity index is 1.34. The SMILES string of the molecule is c1ccc(CCCN2CCCC(c3nnc4n3CCCCC4)C2)cc1. The lowest BCUT2D eigenvalue weighted by Crippen LogP contribution is -2.36. The van der Waals surface area contributed by atoms with Gasteiger partial charge in [0.1, 0.15) is 11.6 Å². The van der Waals surface area contributed by atoms with E-state index < -0.39 is 0 Å². The number of hydrogen-bond acceptors (Lipinski definition) is 3. The highest BCUT2D eigenvalue weighted by atomic mass is 15.3. The molecule has 0 aliphatic carbocycles. The second-order valence-corrected chi connectivity index (χ2v) is 7.67. The Kier molecular flexibility index (Phi) is 5.46. The monoisotopic (exact) mass is 338 g/mol. The van der Waals surface area contributed by atoms with E-state index in [0.29, 0.717) is 5.92 Å². The normalized spacial score (nSPS) is 21.7. The molecule has 0 saturated carbocycles. The van der Waals surface area contributed by atoms with Crippen molar-refractivity contribution in [1.29, 1.82) is 0 Å². The minimum atomic E-state index is 0.574. The van der Waals surface area contributed by atoms with Crippen molar-refractivity contribution in [2.45, 2.75) is 63.8 Å². The van der Waals surface area contributed by atoms with Gasteiger partial charge in [-0.15, -0.1) is 10.2 Å². The van der Waals surface area contributed by atoms with E-state index in [0.717, 1.165) is 19.5 Å². The van der Waals surface area contributed by atoms with Crippen LogP contribution in [0.4, 0.5) is 0 Å². The first kappa shape index (κ1) is 16.8. The molecule has 0 amide bonds. The van der Waals surface area contributed by atoms with Crippen LogP contribution < -0.4 is 0 Å². The number of aromatic nitrogens is 3. The van der Waals surface area contributed by atoms with Crippen molar-refractivity contribution in [2.75, 3.05) is 19.6 Å². The maximum absolute atomic E-state index is 4.61. The lowest BCUT2D eigenvalue weighted by molar-refractivity contribution is 0.200. The number of hydrogen-bond donors (Lipinski definition) is 0. The molecule has 1 aromatic carbocycles. The van der Waals surface area contributed by atoms with Gasteiger partial charge in [0.25, 0.3) is 0 Å². The van der Waals surface area contributed by atoms with E-state index in [1.54, 1.807) is 0 Å². The Morgan fingerprint density at radius 2 is 1.88 bits per heavy atom. The predicted octanol–water partition coefficient (Wildman–Crippen LogP) is 3.82. The smallest absolute Gasteiger partial charge is 0.137 e. The highest BCUT2D eigenvalue weighted by Crippen LogP contribution is 2.28. The topological polar surface area (TPSA) is 34.0 Å². The molecular formula is C21H30N4. The maximum Gasteiger partial charge on any atom is 0.137 e. The molecule has 1 fully saturated rings. The van der Waals surface area contributed by atoms with Crippen LogP contribution in [0.1, 0.15) is 61.7 Å². The van der Waals surface area contributed by atoms with Crippen LogP contribution in [0.3, 0.4) is 0 Å². The Labute approximate surface area is 151 Å². The first-order chi connectivity index (χ1) is 12.4. The summed E-state index contributed by atoms with van der Waals surface area (Å²) in [5.41, 5.74) is 1.46. The number of nitrogens with zero attached hydrogens (tertiary/aromatic N) is 4. The van der Waals surface area contributed by atoms with Gasteiger partial charge in [0.05, 0.1) is 0 Å². The van der Waals surface area contributed by atoms with E-state index in [2.05, 4.69) is 50.0 Å². The van der Waals surface area contributed by atoms with Gasteiger partial charge in [0, 0.05) is 25.4 Å². The summed E-state index contributed by atoms with van der Waals surface area (Å²) >= 11 is 0. The zero-order valence-electron chi connectivity index (χ0n) is 15.2. The average molecular weight is 338 g/mol. The van der Waals surface area contributed by atoms with Gasteiger partial charge in [0.15, 0.2) is 0 Å². The molecule has 2 aromatic rings. The van der Waals surface area contributed by atoms with Crippen LogP contribution in [0.25, 0.3) is 0 Å². The summed E-state index contributed by atoms with van der Waals surface area (Å²) in [6.07, 6.45) is 9.99. The van der Waals surface area contributed by atoms with Gasteiger partial charge in [-0.3, -0.25) is 0 Å². The molecular weight excluding hydrogens is 308 g/mol. The molecule has 134 valence electrons. The fraction of sp³-hybridized carbons (Fsp3) is 0.619. The maximum atomic E-state index is 4.61. The van der Waals surface area contributed by atoms with Gasteiger partial charge in [-0.05, 0) is 57.2 Å². The molecule has 4 nitrogen and oxygen atoms in total. The van der Waals surface area contributed by atoms with Crippen LogP contribution in [0.2, 0.25) is 0 Å². The third-order valence-electron chi connectivity index (χ3n) is 5.79. The molecule has 4 rings (SSSR count). The number of piperidine rings is 1. The number of benzene rings is 1. The van der Waals surface area contributed by atoms with Crippen LogP contribution >= 0.6 is 0 Å². The zero-order valence-corrected chi connectivity index (χ0v) is 15.2. The summed E-state index contributed by atoms with van der Waals surface area (Å²) in [5, 5.41) is 9.12. The quantitative estimate of drug-likeness (QED) is 0.831. The van der Waals surface area contributed by atoms with Crippen LogP contribution in [0.5, 0.6) is 0 Å². The molecule has 1 aromatic heterocycles. The van der Waals surface area contributed by atoms with Crippen molar-refractivity contribution in [1.82, 2.24) is 19.7 Å². The van der Waals surface area contributed by atoms with E-state index in [1.807, 2.05) is 0 Å². The standard InChI is InChI=1S/C21H30N4/c1-3-9-18(10-4-1)11-7-14-24-15-8-12-19(17-24)21-23-22-20-13-5-2-6-16-25(20)21/h1,3-4,9-10,19H,2,5-8,11-17H2. The third-order valence-corrected chi connectivity index (χ3v) is 5.79. The summed E-state index contributed by atoms with van der Waals surface area (Å²) in [6.45, 7) is 4.73. The lowest BCUT2D eigenvalue weighted by atomic mass is 9.96. The molecule has 1 saturated heterocycles. The van der Waals surface area contributed by atoms with Crippen molar-refractivity contribution in [3.8, 4) is 0 Å². The Bertz CT molecular complexity index is 664. The molecule has 4 heteroatoms. The van der Waals surface area contributed by atoms with Gasteiger partial charge in [-0.2, -0.15) is 0 Å². The fourth-order valence-corrected chi connectivity index (χ4v) is 4.43. The van der Waals surface area contributed by atoms with Gasteiger partial charge in [0.2, 0.25) is 0 Å². The Morgan fingerprint density at radius 3 is 2.80 bits per heavy atom. The highest BCUT2D eigenvalue weighted by molar-refractivity contribution is 5.14. The van der Waals surface area contributed by atoms with Crippen LogP contribution in [-0.4, -0.2) is 39.3 Å². The van der Waals surface area contributed by atoms with Crippen LogP contribution in [0, 0.1) is 0 Å². The largest absolute Gasteiger partial charge is 0.315 e. The van der Waals surface area contributed by atoms with Crippen LogP contribution in [-0.2, 0) is 19.4 Å². The summed E-state index contributed by atoms with van der Waals surface area (Å²) in [5.74, 6) is 3.07. The van der Waals surface area contributed by atoms with Crippen molar-refractivity contribution in [2.24, 2.45) is 0 Å². The molecule has 0 radical (unpaired) electrons. The summed E-state index contributed by atoms with van der Waals surface area (Å²) < 4.78 is 2.45. The van der Waals surface area contributed by atoms with Crippen molar-refractivity contribution in [3.63, 3.8) is 0 Å². The van der Waals surface area contributed by atoms with E-state index in [4.69, 9.17) is 0 Å². The van der Waals surface area contributed by atoms with Crippen molar-refractivity contribution < 1.29 is 0 Å². The van der Waals surface area contributed by atoms with E-state index in [-0.39, 0.29) is 0 Å². The number of aryl methyl sites for hydroxylation is 2. The molecule has 25 heavy (non-hydrogen) atoms. The molecule has 0 N–H and O–H groups in total. The zero-order chi connectivity index (χ0) is 16.9. The lowest BCUT2D eigenvalue weighted by Gasteiger charge is -2.32. The first-order valence-corrected chi connectivity index (χ1v) is 10.1. The first-order valence-electron chi connectivity index (χ1n) is 10.1. The van der Waals surface area contributed by atoms with E-state index in [9.17, 15) is 0 Å². The third kappa shape index (κ3) is 4.12. The van der Waals surface area contributed by atoms with Gasteiger partial charge >= 0.3 is 0 Å². The van der Waals surface area contributed by atoms with Crippen LogP contribution in [0.15, 0.2) is 30.3 Å². The summed E-state index contributed by atoms with van der Waals surface area (Å²) in [4.78, 5) is 2.65. The van der Waals surface area contributed by atoms with Gasteiger partial charge in [-0.1, -0.05) is 36.8 Å². The molecule has 2 aliphatic heterocycles. The molecule has 0 spiro atoms. The minimum absolute atomic E-state index is 0.574. The van der Waals surface area contributed by atoms with Crippen molar-refractivity contribution >= 4 is 0 Å². The summed E-state index contributed by atoms with van der Waals surface area (Å²) in [7, 11) is 0. The second kappa shape index (κ2) is 8.13. The molecule has 1 atom stereocenters. The molecule has 2 aliphatic rings.